The predicted octanol–water partition coefficient (Wildman–Crippen LogP) is 3.22. The smallest absolute Gasteiger partial charge is 0.386 e. The molecule has 0 saturated heterocycles. The summed E-state index contributed by atoms with van der Waals surface area (Å²) in [6, 6.07) is 3.77. The molecule has 0 bridgehead atoms. The van der Waals surface area contributed by atoms with Crippen molar-refractivity contribution in [2.45, 2.75) is 33.1 Å². The second kappa shape index (κ2) is 5.71. The third kappa shape index (κ3) is 4.31. The Bertz CT molecular complexity index is 390. The van der Waals surface area contributed by atoms with Crippen molar-refractivity contribution in [3.05, 3.63) is 34.4 Å². The molecule has 1 aromatic rings. The maximum Gasteiger partial charge on any atom is 0.411 e. The molecule has 0 spiro atoms. The standard InChI is InChI=1S/C13H17F3O2/c1-8-4-9(2)12(10(3)5-8)11(17)6-18-7-13(14,15)16/h4-5,11,17H,6-7H2,1-3H3. The first-order valence-electron chi connectivity index (χ1n) is 5.61. The number of hydrogen-bond donors (Lipinski definition) is 1. The van der Waals surface area contributed by atoms with Crippen LogP contribution in [0.15, 0.2) is 12.1 Å². The van der Waals surface area contributed by atoms with E-state index in [-0.39, 0.29) is 6.61 Å². The molecule has 0 aliphatic heterocycles. The Balaban J connectivity index is 2.70. The number of halogens is 3. The van der Waals surface area contributed by atoms with Crippen LogP contribution in [0.5, 0.6) is 0 Å². The highest BCUT2D eigenvalue weighted by molar-refractivity contribution is 5.38. The molecule has 1 atom stereocenters. The van der Waals surface area contributed by atoms with Crippen molar-refractivity contribution in [1.29, 1.82) is 0 Å². The SMILES string of the molecule is Cc1cc(C)c(C(O)COCC(F)(F)F)c(C)c1. The minimum atomic E-state index is -4.36. The van der Waals surface area contributed by atoms with Crippen LogP contribution in [-0.2, 0) is 4.74 Å². The molecule has 0 aromatic heterocycles. The Morgan fingerprint density at radius 1 is 1.17 bits per heavy atom. The van der Waals surface area contributed by atoms with Crippen molar-refractivity contribution in [2.75, 3.05) is 13.2 Å². The van der Waals surface area contributed by atoms with Crippen LogP contribution in [0.25, 0.3) is 0 Å². The van der Waals surface area contributed by atoms with E-state index in [4.69, 9.17) is 0 Å². The second-order valence-electron chi connectivity index (χ2n) is 4.46. The van der Waals surface area contributed by atoms with Crippen LogP contribution in [0, 0.1) is 20.8 Å². The lowest BCUT2D eigenvalue weighted by atomic mass is 9.96. The van der Waals surface area contributed by atoms with Gasteiger partial charge in [0.1, 0.15) is 12.7 Å². The first-order valence-corrected chi connectivity index (χ1v) is 5.61. The lowest BCUT2D eigenvalue weighted by molar-refractivity contribution is -0.179. The number of aliphatic hydroxyl groups is 1. The first-order chi connectivity index (χ1) is 8.20. The molecule has 0 saturated carbocycles. The maximum atomic E-state index is 11.9. The van der Waals surface area contributed by atoms with Crippen LogP contribution in [-0.4, -0.2) is 24.5 Å². The van der Waals surface area contributed by atoms with Gasteiger partial charge in [-0.15, -0.1) is 0 Å². The maximum absolute atomic E-state index is 11.9. The summed E-state index contributed by atoms with van der Waals surface area (Å²) < 4.78 is 40.2. The summed E-state index contributed by atoms with van der Waals surface area (Å²) in [6.45, 7) is 3.87. The molecule has 0 radical (unpaired) electrons. The molecule has 0 heterocycles. The van der Waals surface area contributed by atoms with E-state index in [0.29, 0.717) is 5.56 Å². The summed E-state index contributed by atoms with van der Waals surface area (Å²) in [5, 5.41) is 9.88. The number of benzene rings is 1. The average Bonchev–Trinajstić information content (AvgIpc) is 2.13. The number of rotatable bonds is 4. The van der Waals surface area contributed by atoms with Gasteiger partial charge in [-0.05, 0) is 37.5 Å². The van der Waals surface area contributed by atoms with E-state index >= 15 is 0 Å². The zero-order valence-corrected chi connectivity index (χ0v) is 10.6. The van der Waals surface area contributed by atoms with Crippen molar-refractivity contribution < 1.29 is 23.0 Å². The molecule has 0 aliphatic carbocycles. The molecule has 18 heavy (non-hydrogen) atoms. The van der Waals surface area contributed by atoms with E-state index < -0.39 is 18.9 Å². The van der Waals surface area contributed by atoms with Gasteiger partial charge in [0.25, 0.3) is 0 Å². The number of aryl methyl sites for hydroxylation is 3. The van der Waals surface area contributed by atoms with Gasteiger partial charge in [-0.2, -0.15) is 13.2 Å². The molecule has 0 fully saturated rings. The molecule has 1 aromatic carbocycles. The highest BCUT2D eigenvalue weighted by atomic mass is 19.4. The fraction of sp³-hybridized carbons (Fsp3) is 0.538. The van der Waals surface area contributed by atoms with Gasteiger partial charge in [-0.3, -0.25) is 0 Å². The van der Waals surface area contributed by atoms with Crippen LogP contribution in [0.3, 0.4) is 0 Å². The highest BCUT2D eigenvalue weighted by Crippen LogP contribution is 2.24. The number of aliphatic hydroxyl groups excluding tert-OH is 1. The van der Waals surface area contributed by atoms with E-state index in [1.165, 1.54) is 0 Å². The van der Waals surface area contributed by atoms with Gasteiger partial charge >= 0.3 is 6.18 Å². The van der Waals surface area contributed by atoms with Gasteiger partial charge in [-0.25, -0.2) is 0 Å². The summed E-state index contributed by atoms with van der Waals surface area (Å²) in [5.74, 6) is 0. The zero-order chi connectivity index (χ0) is 13.9. The molecule has 2 nitrogen and oxygen atoms in total. The van der Waals surface area contributed by atoms with Crippen molar-refractivity contribution in [1.82, 2.24) is 0 Å². The van der Waals surface area contributed by atoms with Crippen molar-refractivity contribution in [3.63, 3.8) is 0 Å². The second-order valence-corrected chi connectivity index (χ2v) is 4.46. The summed E-state index contributed by atoms with van der Waals surface area (Å²) in [7, 11) is 0. The van der Waals surface area contributed by atoms with Crippen LogP contribution >= 0.6 is 0 Å². The molecular formula is C13H17F3O2. The van der Waals surface area contributed by atoms with Gasteiger partial charge in [0.05, 0.1) is 6.61 Å². The Labute approximate surface area is 104 Å². The summed E-state index contributed by atoms with van der Waals surface area (Å²) >= 11 is 0. The summed E-state index contributed by atoms with van der Waals surface area (Å²) in [5.41, 5.74) is 3.41. The van der Waals surface area contributed by atoms with Crippen molar-refractivity contribution >= 4 is 0 Å². The largest absolute Gasteiger partial charge is 0.411 e. The van der Waals surface area contributed by atoms with Gasteiger partial charge in [-0.1, -0.05) is 17.7 Å². The molecule has 0 amide bonds. The van der Waals surface area contributed by atoms with Crippen LogP contribution in [0.4, 0.5) is 13.2 Å². The van der Waals surface area contributed by atoms with Gasteiger partial charge < -0.3 is 9.84 Å². The van der Waals surface area contributed by atoms with E-state index in [9.17, 15) is 18.3 Å². The van der Waals surface area contributed by atoms with E-state index in [1.54, 1.807) is 0 Å². The van der Waals surface area contributed by atoms with Crippen molar-refractivity contribution in [2.24, 2.45) is 0 Å². The molecule has 102 valence electrons. The third-order valence-corrected chi connectivity index (χ3v) is 2.61. The number of hydrogen-bond acceptors (Lipinski definition) is 2. The molecule has 5 heteroatoms. The molecular weight excluding hydrogens is 245 g/mol. The number of alkyl halides is 3. The number of ether oxygens (including phenoxy) is 1. The highest BCUT2D eigenvalue weighted by Gasteiger charge is 2.28. The molecule has 1 unspecified atom stereocenters. The average molecular weight is 262 g/mol. The zero-order valence-electron chi connectivity index (χ0n) is 10.6. The molecule has 0 aliphatic rings. The Hall–Kier alpha value is -1.07. The topological polar surface area (TPSA) is 29.5 Å². The lowest BCUT2D eigenvalue weighted by Crippen LogP contribution is -2.20. The predicted molar refractivity (Wildman–Crippen MR) is 62.5 cm³/mol. The van der Waals surface area contributed by atoms with E-state index in [1.807, 2.05) is 32.9 Å². The normalized spacial score (nSPS) is 13.7. The minimum absolute atomic E-state index is 0.357. The summed E-state index contributed by atoms with van der Waals surface area (Å²) in [6.07, 6.45) is -5.40. The van der Waals surface area contributed by atoms with E-state index in [0.717, 1.165) is 16.7 Å². The van der Waals surface area contributed by atoms with Gasteiger partial charge in [0, 0.05) is 0 Å². The van der Waals surface area contributed by atoms with Crippen molar-refractivity contribution in [3.8, 4) is 0 Å². The van der Waals surface area contributed by atoms with E-state index in [2.05, 4.69) is 4.74 Å². The minimum Gasteiger partial charge on any atom is -0.386 e. The Morgan fingerprint density at radius 2 is 1.67 bits per heavy atom. The third-order valence-electron chi connectivity index (χ3n) is 2.61. The first kappa shape index (κ1) is 15.0. The van der Waals surface area contributed by atoms with Crippen LogP contribution in [0.2, 0.25) is 0 Å². The monoisotopic (exact) mass is 262 g/mol. The Morgan fingerprint density at radius 3 is 2.11 bits per heavy atom. The fourth-order valence-electron chi connectivity index (χ4n) is 2.09. The van der Waals surface area contributed by atoms with Gasteiger partial charge in [0.15, 0.2) is 0 Å². The van der Waals surface area contributed by atoms with Crippen LogP contribution < -0.4 is 0 Å². The molecule has 1 N–H and O–H groups in total. The fourth-order valence-corrected chi connectivity index (χ4v) is 2.09. The molecule has 1 rings (SSSR count). The Kier molecular flexibility index (Phi) is 4.76. The van der Waals surface area contributed by atoms with Crippen LogP contribution in [0.1, 0.15) is 28.4 Å². The quantitative estimate of drug-likeness (QED) is 0.902. The van der Waals surface area contributed by atoms with Gasteiger partial charge in [0.2, 0.25) is 0 Å². The lowest BCUT2D eigenvalue weighted by Gasteiger charge is -2.18. The summed E-state index contributed by atoms with van der Waals surface area (Å²) in [4.78, 5) is 0.